The molecule has 0 fully saturated rings. The summed E-state index contributed by atoms with van der Waals surface area (Å²) in [6.07, 6.45) is 0. The van der Waals surface area contributed by atoms with Crippen LogP contribution in [0.15, 0.2) is 0 Å². The van der Waals surface area contributed by atoms with E-state index < -0.39 is 0 Å². The normalized spacial score (nSPS) is 7.94. The van der Waals surface area contributed by atoms with Crippen molar-refractivity contribution in [3.8, 4) is 0 Å². The Kier molecular flexibility index (Phi) is 12.2. The molecule has 0 spiro atoms. The predicted octanol–water partition coefficient (Wildman–Crippen LogP) is 0.0622. The van der Waals surface area contributed by atoms with E-state index in [2.05, 4.69) is 40.8 Å². The average molecular weight is 298 g/mol. The molecule has 0 saturated carbocycles. The second-order valence-corrected chi connectivity index (χ2v) is 4.91. The minimum atomic E-state index is -0.181. The molecule has 6 nitrogen and oxygen atoms in total. The number of thioether (sulfide) groups is 1. The molecule has 7 N–H and O–H groups in total. The molecule has 16 heavy (non-hydrogen) atoms. The van der Waals surface area contributed by atoms with E-state index in [1.807, 2.05) is 0 Å². The molecular weight excluding hydrogens is 284 g/mol. The van der Waals surface area contributed by atoms with Crippen molar-refractivity contribution in [3.05, 3.63) is 0 Å². The predicted molar refractivity (Wildman–Crippen MR) is 82.7 cm³/mol. The fourth-order valence-electron chi connectivity index (χ4n) is 0.310. The van der Waals surface area contributed by atoms with Crippen LogP contribution in [0.3, 0.4) is 0 Å². The van der Waals surface area contributed by atoms with Crippen molar-refractivity contribution in [2.45, 2.75) is 0 Å². The molecular formula is C6H14N6S4. The number of amidine groups is 1. The Morgan fingerprint density at radius 3 is 1.94 bits per heavy atom. The maximum Gasteiger partial charge on any atom is 0.191 e. The van der Waals surface area contributed by atoms with Crippen LogP contribution in [0.4, 0.5) is 0 Å². The fourth-order valence-corrected chi connectivity index (χ4v) is 1.18. The standard InChI is InChI=1S/C4H9N3S2.C2H5N3S2/c1-6-3(5)9-4(8)7-2;3-1(4)5-2(6)7/h1-2H3,(H2,5,6)(H,7,8);(H5,3,4,5,6,7). The fraction of sp³-hybridized carbons (Fsp3) is 0.333. The molecule has 0 aromatic heterocycles. The van der Waals surface area contributed by atoms with Crippen LogP contribution in [-0.2, 0) is 0 Å². The van der Waals surface area contributed by atoms with Crippen molar-refractivity contribution < 1.29 is 0 Å². The highest BCUT2D eigenvalue weighted by atomic mass is 32.2. The Morgan fingerprint density at radius 1 is 1.25 bits per heavy atom. The monoisotopic (exact) mass is 298 g/mol. The zero-order chi connectivity index (χ0) is 13.1. The quantitative estimate of drug-likeness (QED) is 0.147. The molecule has 92 valence electrons. The molecule has 0 heterocycles. The number of nitrogens with one attached hydrogen (secondary N) is 5. The van der Waals surface area contributed by atoms with Crippen LogP contribution in [0.2, 0.25) is 0 Å². The lowest BCUT2D eigenvalue weighted by Gasteiger charge is -2.01. The summed E-state index contributed by atoms with van der Waals surface area (Å²) in [5.41, 5.74) is 4.83. The first kappa shape index (κ1) is 17.8. The van der Waals surface area contributed by atoms with Crippen LogP contribution in [0.1, 0.15) is 0 Å². The molecule has 0 aliphatic heterocycles. The summed E-state index contributed by atoms with van der Waals surface area (Å²) in [5.74, 6) is -0.181. The molecule has 0 aliphatic rings. The van der Waals surface area contributed by atoms with E-state index in [0.29, 0.717) is 9.49 Å². The minimum absolute atomic E-state index is 0.181. The smallest absolute Gasteiger partial charge is 0.191 e. The molecule has 0 aliphatic carbocycles. The lowest BCUT2D eigenvalue weighted by Crippen LogP contribution is -2.31. The molecule has 0 atom stereocenters. The summed E-state index contributed by atoms with van der Waals surface area (Å²) in [4.78, 5) is 0. The van der Waals surface area contributed by atoms with Gasteiger partial charge >= 0.3 is 0 Å². The van der Waals surface area contributed by atoms with Crippen LogP contribution in [-0.4, -0.2) is 33.9 Å². The van der Waals surface area contributed by atoms with Gasteiger partial charge in [-0.3, -0.25) is 10.8 Å². The van der Waals surface area contributed by atoms with Crippen molar-refractivity contribution in [3.63, 3.8) is 0 Å². The molecule has 0 saturated heterocycles. The van der Waals surface area contributed by atoms with Crippen LogP contribution in [0, 0.1) is 10.8 Å². The van der Waals surface area contributed by atoms with E-state index in [0.717, 1.165) is 0 Å². The Bertz CT molecular complexity index is 252. The second kappa shape index (κ2) is 10.9. The van der Waals surface area contributed by atoms with Crippen LogP contribution in [0.5, 0.6) is 0 Å². The van der Waals surface area contributed by atoms with Crippen molar-refractivity contribution in [1.29, 1.82) is 10.8 Å². The number of guanidine groups is 1. The first-order chi connectivity index (χ1) is 7.33. The Morgan fingerprint density at radius 2 is 1.75 bits per heavy atom. The summed E-state index contributed by atoms with van der Waals surface area (Å²) < 4.78 is 0.821. The molecule has 0 bridgehead atoms. The second-order valence-electron chi connectivity index (χ2n) is 2.06. The summed E-state index contributed by atoms with van der Waals surface area (Å²) in [7, 11) is 3.42. The molecule has 0 radical (unpaired) electrons. The number of rotatable bonds is 0. The Hall–Kier alpha value is -0.580. The third-order valence-electron chi connectivity index (χ3n) is 0.868. The van der Waals surface area contributed by atoms with Crippen molar-refractivity contribution in [2.24, 2.45) is 5.73 Å². The van der Waals surface area contributed by atoms with Gasteiger partial charge in [-0.2, -0.15) is 0 Å². The van der Waals surface area contributed by atoms with Gasteiger partial charge in [0.1, 0.15) is 8.64 Å². The highest BCUT2D eigenvalue weighted by molar-refractivity contribution is 8.32. The molecule has 0 aromatic carbocycles. The zero-order valence-electron chi connectivity index (χ0n) is 8.75. The van der Waals surface area contributed by atoms with E-state index in [-0.39, 0.29) is 10.3 Å². The SMILES string of the molecule is CNC(=N)SC(=S)NC.N=C(N)NC(=S)S. The molecule has 0 amide bonds. The van der Waals surface area contributed by atoms with Crippen LogP contribution >= 0.6 is 48.8 Å². The molecule has 0 aromatic rings. The van der Waals surface area contributed by atoms with Gasteiger partial charge in [-0.05, 0) is 11.8 Å². The van der Waals surface area contributed by atoms with Gasteiger partial charge in [0, 0.05) is 14.1 Å². The third kappa shape index (κ3) is 15.9. The maximum absolute atomic E-state index is 7.10. The average Bonchev–Trinajstić information content (AvgIpc) is 2.16. The van der Waals surface area contributed by atoms with E-state index in [1.54, 1.807) is 14.1 Å². The summed E-state index contributed by atoms with van der Waals surface area (Å²) in [6, 6.07) is 0. The largest absolute Gasteiger partial charge is 0.374 e. The van der Waals surface area contributed by atoms with Gasteiger partial charge in [-0.1, -0.05) is 24.4 Å². The number of thiocarbonyl (C=S) groups is 2. The van der Waals surface area contributed by atoms with E-state index in [9.17, 15) is 0 Å². The van der Waals surface area contributed by atoms with Crippen molar-refractivity contribution in [1.82, 2.24) is 16.0 Å². The first-order valence-electron chi connectivity index (χ1n) is 3.83. The summed E-state index contributed by atoms with van der Waals surface area (Å²) in [6.45, 7) is 0. The number of nitrogens with two attached hydrogens (primary N) is 1. The van der Waals surface area contributed by atoms with Gasteiger partial charge in [0.05, 0.1) is 0 Å². The van der Waals surface area contributed by atoms with Crippen LogP contribution in [0.25, 0.3) is 0 Å². The molecule has 0 unspecified atom stereocenters. The molecule has 0 rings (SSSR count). The van der Waals surface area contributed by atoms with Gasteiger partial charge in [0.15, 0.2) is 11.1 Å². The molecule has 10 heteroatoms. The van der Waals surface area contributed by atoms with Gasteiger partial charge in [-0.25, -0.2) is 0 Å². The van der Waals surface area contributed by atoms with Gasteiger partial charge in [-0.15, -0.1) is 12.6 Å². The lowest BCUT2D eigenvalue weighted by molar-refractivity contribution is 1.18. The van der Waals surface area contributed by atoms with E-state index in [1.165, 1.54) is 11.8 Å². The summed E-state index contributed by atoms with van der Waals surface area (Å²) >= 11 is 14.0. The topological polar surface area (TPSA) is 110 Å². The highest BCUT2D eigenvalue weighted by Gasteiger charge is 1.96. The number of hydrogen-bond donors (Lipinski definition) is 7. The van der Waals surface area contributed by atoms with Gasteiger partial charge < -0.3 is 21.7 Å². The first-order valence-corrected chi connectivity index (χ1v) is 5.91. The zero-order valence-corrected chi connectivity index (χ0v) is 12.1. The number of hydrogen-bond acceptors (Lipinski definition) is 5. The van der Waals surface area contributed by atoms with Gasteiger partial charge in [0.25, 0.3) is 0 Å². The van der Waals surface area contributed by atoms with E-state index >= 15 is 0 Å². The maximum atomic E-state index is 7.10. The van der Waals surface area contributed by atoms with Crippen molar-refractivity contribution in [2.75, 3.05) is 14.1 Å². The van der Waals surface area contributed by atoms with Crippen LogP contribution < -0.4 is 21.7 Å². The Balaban J connectivity index is 0. The minimum Gasteiger partial charge on any atom is -0.374 e. The number of thiol groups is 1. The summed E-state index contributed by atoms with van der Waals surface area (Å²) in [5, 5.41) is 21.7. The highest BCUT2D eigenvalue weighted by Crippen LogP contribution is 1.99. The van der Waals surface area contributed by atoms with Crippen molar-refractivity contribution >= 4 is 68.6 Å². The van der Waals surface area contributed by atoms with Gasteiger partial charge in [0.2, 0.25) is 0 Å². The third-order valence-corrected chi connectivity index (χ3v) is 2.33. The Labute approximate surface area is 115 Å². The lowest BCUT2D eigenvalue weighted by atomic mass is 11.0. The van der Waals surface area contributed by atoms with E-state index in [4.69, 9.17) is 28.8 Å².